The van der Waals surface area contributed by atoms with Gasteiger partial charge in [-0.3, -0.25) is 15.1 Å². The highest BCUT2D eigenvalue weighted by Gasteiger charge is 2.15. The smallest absolute Gasteiger partial charge is 0.311 e. The molecule has 108 valence electrons. The van der Waals surface area contributed by atoms with E-state index in [1.165, 1.54) is 24.4 Å². The number of phenols is 1. The van der Waals surface area contributed by atoms with Gasteiger partial charge in [-0.05, 0) is 11.6 Å². The number of phenolic OH excluding ortho intramolecular Hbond substituents is 1. The molecule has 6 nitrogen and oxygen atoms in total. The first-order valence-electron chi connectivity index (χ1n) is 6.29. The summed E-state index contributed by atoms with van der Waals surface area (Å²) < 4.78 is 0. The summed E-state index contributed by atoms with van der Waals surface area (Å²) >= 11 is 0. The summed E-state index contributed by atoms with van der Waals surface area (Å²) in [5.74, 6) is -0.430. The van der Waals surface area contributed by atoms with E-state index < -0.39 is 16.8 Å². The topological polar surface area (TPSA) is 96.0 Å². The van der Waals surface area contributed by atoms with E-state index in [-0.39, 0.29) is 17.8 Å². The van der Waals surface area contributed by atoms with E-state index in [2.05, 4.69) is 4.99 Å². The molecule has 2 N–H and O–H groups in total. The zero-order valence-electron chi connectivity index (χ0n) is 11.1. The van der Waals surface area contributed by atoms with Crippen LogP contribution in [0.3, 0.4) is 0 Å². The Bertz CT molecular complexity index is 656. The Morgan fingerprint density at radius 3 is 2.57 bits per heavy atom. The highest BCUT2D eigenvalue weighted by molar-refractivity contribution is 5.85. The van der Waals surface area contributed by atoms with Gasteiger partial charge in [-0.15, -0.1) is 0 Å². The summed E-state index contributed by atoms with van der Waals surface area (Å²) in [5.41, 5.74) is 0.602. The van der Waals surface area contributed by atoms with Crippen molar-refractivity contribution >= 4 is 11.9 Å². The van der Waals surface area contributed by atoms with Crippen molar-refractivity contribution in [2.24, 2.45) is 4.99 Å². The van der Waals surface area contributed by atoms with Gasteiger partial charge in [-0.2, -0.15) is 0 Å². The number of aromatic hydroxyl groups is 1. The van der Waals surface area contributed by atoms with Crippen LogP contribution < -0.4 is 0 Å². The molecule has 0 aliphatic rings. The van der Waals surface area contributed by atoms with Crippen molar-refractivity contribution in [2.75, 3.05) is 6.54 Å². The molecule has 21 heavy (non-hydrogen) atoms. The third kappa shape index (κ3) is 3.64. The van der Waals surface area contributed by atoms with Crippen LogP contribution in [0.4, 0.5) is 5.69 Å². The molecule has 0 heterocycles. The minimum absolute atomic E-state index is 0.103. The summed E-state index contributed by atoms with van der Waals surface area (Å²) in [6, 6.07) is 13.2. The van der Waals surface area contributed by atoms with Crippen LogP contribution in [0.1, 0.15) is 17.2 Å². The molecule has 0 aliphatic heterocycles. The van der Waals surface area contributed by atoms with Gasteiger partial charge in [0.1, 0.15) is 0 Å². The van der Waals surface area contributed by atoms with Gasteiger partial charge in [0.05, 0.1) is 17.6 Å². The van der Waals surface area contributed by atoms with Crippen molar-refractivity contribution in [3.63, 3.8) is 0 Å². The van der Waals surface area contributed by atoms with Crippen molar-refractivity contribution in [3.8, 4) is 5.75 Å². The molecule has 0 radical (unpaired) electrons. The molecule has 0 amide bonds. The van der Waals surface area contributed by atoms with Crippen LogP contribution in [0.15, 0.2) is 53.5 Å². The van der Waals surface area contributed by atoms with E-state index in [1.807, 2.05) is 18.2 Å². The number of rotatable bonds is 5. The number of aliphatic hydroxyl groups excluding tert-OH is 1. The molecule has 0 aromatic heterocycles. The van der Waals surface area contributed by atoms with Gasteiger partial charge in [0.25, 0.3) is 0 Å². The maximum absolute atomic E-state index is 10.7. The summed E-state index contributed by atoms with van der Waals surface area (Å²) in [4.78, 5) is 14.1. The van der Waals surface area contributed by atoms with Gasteiger partial charge in [0, 0.05) is 17.8 Å². The predicted molar refractivity (Wildman–Crippen MR) is 78.6 cm³/mol. The molecule has 2 aromatic rings. The van der Waals surface area contributed by atoms with Crippen LogP contribution in [0.2, 0.25) is 0 Å². The quantitative estimate of drug-likeness (QED) is 0.501. The highest BCUT2D eigenvalue weighted by Crippen LogP contribution is 2.28. The fraction of sp³-hybridized carbons (Fsp3) is 0.133. The Kier molecular flexibility index (Phi) is 4.63. The molecule has 0 saturated carbocycles. The molecule has 0 saturated heterocycles. The molecule has 6 heteroatoms. The van der Waals surface area contributed by atoms with Crippen molar-refractivity contribution in [3.05, 3.63) is 69.8 Å². The summed E-state index contributed by atoms with van der Waals surface area (Å²) in [6.07, 6.45) is 0.553. The van der Waals surface area contributed by atoms with E-state index in [0.717, 1.165) is 5.56 Å². The van der Waals surface area contributed by atoms with Crippen LogP contribution >= 0.6 is 0 Å². The second-order valence-electron chi connectivity index (χ2n) is 4.39. The number of nitro benzene ring substituents is 1. The Balaban J connectivity index is 2.09. The minimum atomic E-state index is -0.761. The lowest BCUT2D eigenvalue weighted by Gasteiger charge is -2.07. The number of hydrogen-bond acceptors (Lipinski definition) is 5. The number of para-hydroxylation sites is 1. The van der Waals surface area contributed by atoms with Crippen molar-refractivity contribution < 1.29 is 15.1 Å². The molecule has 0 fully saturated rings. The van der Waals surface area contributed by atoms with Crippen LogP contribution in [-0.4, -0.2) is 27.9 Å². The Morgan fingerprint density at radius 1 is 1.19 bits per heavy atom. The Labute approximate surface area is 121 Å². The monoisotopic (exact) mass is 286 g/mol. The number of nitro groups is 1. The first-order valence-corrected chi connectivity index (χ1v) is 6.29. The van der Waals surface area contributed by atoms with E-state index in [4.69, 9.17) is 0 Å². The lowest BCUT2D eigenvalue weighted by atomic mass is 10.1. The van der Waals surface area contributed by atoms with Crippen molar-refractivity contribution in [1.29, 1.82) is 0 Å². The van der Waals surface area contributed by atoms with Gasteiger partial charge in [-0.1, -0.05) is 36.4 Å². The van der Waals surface area contributed by atoms with Crippen LogP contribution in [-0.2, 0) is 0 Å². The molecule has 2 rings (SSSR count). The fourth-order valence-electron chi connectivity index (χ4n) is 1.83. The minimum Gasteiger partial charge on any atom is -0.502 e. The Morgan fingerprint density at radius 2 is 1.90 bits per heavy atom. The standard InChI is InChI=1S/C15H14N2O4/c18-14(11-5-2-1-3-6-11)10-16-9-12-7-4-8-13(15(12)19)17(20)21/h1-9,14,18-19H,10H2/t14-/m1/s1. The number of aliphatic hydroxyl groups is 1. The SMILES string of the molecule is O=[N+]([O-])c1cccc(C=NC[C@@H](O)c2ccccc2)c1O. The molecule has 0 unspecified atom stereocenters. The zero-order valence-corrected chi connectivity index (χ0v) is 11.1. The highest BCUT2D eigenvalue weighted by atomic mass is 16.6. The van der Waals surface area contributed by atoms with Gasteiger partial charge < -0.3 is 10.2 Å². The third-order valence-corrected chi connectivity index (χ3v) is 2.94. The summed E-state index contributed by atoms with van der Waals surface area (Å²) in [5, 5.41) is 30.4. The maximum atomic E-state index is 10.7. The van der Waals surface area contributed by atoms with Gasteiger partial charge in [0.2, 0.25) is 5.75 Å². The fourth-order valence-corrected chi connectivity index (χ4v) is 1.83. The van der Waals surface area contributed by atoms with Crippen molar-refractivity contribution in [2.45, 2.75) is 6.10 Å². The number of benzene rings is 2. The summed E-state index contributed by atoms with van der Waals surface area (Å²) in [7, 11) is 0. The second kappa shape index (κ2) is 6.62. The number of nitrogens with zero attached hydrogens (tertiary/aromatic N) is 2. The second-order valence-corrected chi connectivity index (χ2v) is 4.39. The maximum Gasteiger partial charge on any atom is 0.311 e. The summed E-state index contributed by atoms with van der Waals surface area (Å²) in [6.45, 7) is 0.103. The average Bonchev–Trinajstić information content (AvgIpc) is 2.49. The molecule has 0 spiro atoms. The Hall–Kier alpha value is -2.73. The third-order valence-electron chi connectivity index (χ3n) is 2.94. The van der Waals surface area contributed by atoms with Gasteiger partial charge in [0.15, 0.2) is 0 Å². The van der Waals surface area contributed by atoms with Gasteiger partial charge >= 0.3 is 5.69 Å². The normalized spacial score (nSPS) is 12.4. The van der Waals surface area contributed by atoms with E-state index in [9.17, 15) is 20.3 Å². The van der Waals surface area contributed by atoms with Crippen molar-refractivity contribution in [1.82, 2.24) is 0 Å². The largest absolute Gasteiger partial charge is 0.502 e. The first-order chi connectivity index (χ1) is 10.1. The molecular weight excluding hydrogens is 272 g/mol. The first kappa shape index (κ1) is 14.7. The van der Waals surface area contributed by atoms with Gasteiger partial charge in [-0.25, -0.2) is 0 Å². The lowest BCUT2D eigenvalue weighted by molar-refractivity contribution is -0.385. The average molecular weight is 286 g/mol. The molecular formula is C15H14N2O4. The number of hydrogen-bond donors (Lipinski definition) is 2. The molecule has 0 aliphatic carbocycles. The molecule has 2 aromatic carbocycles. The number of aliphatic imine (C=N–C) groups is 1. The lowest BCUT2D eigenvalue weighted by Crippen LogP contribution is -2.01. The zero-order chi connectivity index (χ0) is 15.2. The predicted octanol–water partition coefficient (Wildman–Crippen LogP) is 2.45. The van der Waals surface area contributed by atoms with Crippen LogP contribution in [0.5, 0.6) is 5.75 Å². The van der Waals surface area contributed by atoms with Crippen LogP contribution in [0, 0.1) is 10.1 Å². The molecule has 0 bridgehead atoms. The van der Waals surface area contributed by atoms with E-state index in [1.54, 1.807) is 12.1 Å². The van der Waals surface area contributed by atoms with Crippen LogP contribution in [0.25, 0.3) is 0 Å². The van der Waals surface area contributed by atoms with E-state index in [0.29, 0.717) is 0 Å². The van der Waals surface area contributed by atoms with E-state index >= 15 is 0 Å². The molecule has 1 atom stereocenters.